The van der Waals surface area contributed by atoms with Gasteiger partial charge in [-0.25, -0.2) is 4.79 Å². The summed E-state index contributed by atoms with van der Waals surface area (Å²) in [5, 5.41) is 9.14. The second kappa shape index (κ2) is 5.04. The van der Waals surface area contributed by atoms with Crippen LogP contribution in [0.15, 0.2) is 0 Å². The number of aliphatic carboxylic acids is 1. The topological polar surface area (TPSA) is 66.8 Å². The lowest BCUT2D eigenvalue weighted by Gasteiger charge is -2.35. The molecule has 3 atom stereocenters. The molecule has 2 rings (SSSR count). The van der Waals surface area contributed by atoms with Crippen LogP contribution in [-0.2, 0) is 14.3 Å². The number of carbonyl (C=O) groups is 2. The summed E-state index contributed by atoms with van der Waals surface area (Å²) in [5.41, 5.74) is 0. The molecule has 5 nitrogen and oxygen atoms in total. The summed E-state index contributed by atoms with van der Waals surface area (Å²) in [7, 11) is 0. The fourth-order valence-corrected chi connectivity index (χ4v) is 2.72. The fraction of sp³-hybridized carbons (Fsp3) is 0.833. The first-order chi connectivity index (χ1) is 8.11. The van der Waals surface area contributed by atoms with Crippen molar-refractivity contribution in [3.05, 3.63) is 0 Å². The van der Waals surface area contributed by atoms with Crippen LogP contribution >= 0.6 is 0 Å². The van der Waals surface area contributed by atoms with Crippen LogP contribution in [0.2, 0.25) is 0 Å². The molecule has 0 saturated carbocycles. The van der Waals surface area contributed by atoms with E-state index in [0.29, 0.717) is 26.0 Å². The van der Waals surface area contributed by atoms with E-state index in [2.05, 4.69) is 0 Å². The molecule has 1 N–H and O–H groups in total. The molecular weight excluding hydrogens is 222 g/mol. The van der Waals surface area contributed by atoms with Crippen LogP contribution in [0.1, 0.15) is 32.6 Å². The Labute approximate surface area is 101 Å². The first-order valence-corrected chi connectivity index (χ1v) is 6.26. The number of carbonyl (C=O) groups excluding carboxylic acids is 1. The van der Waals surface area contributed by atoms with Crippen molar-refractivity contribution in [2.24, 2.45) is 5.92 Å². The lowest BCUT2D eigenvalue weighted by atomic mass is 9.96. The van der Waals surface area contributed by atoms with Crippen molar-refractivity contribution in [3.8, 4) is 0 Å². The molecule has 2 saturated heterocycles. The number of piperidine rings is 1. The van der Waals surface area contributed by atoms with Gasteiger partial charge in [-0.15, -0.1) is 0 Å². The Morgan fingerprint density at radius 2 is 2.06 bits per heavy atom. The number of hydrogen-bond acceptors (Lipinski definition) is 3. The van der Waals surface area contributed by atoms with Crippen molar-refractivity contribution in [2.75, 3.05) is 13.2 Å². The molecule has 2 fully saturated rings. The van der Waals surface area contributed by atoms with E-state index in [0.717, 1.165) is 12.8 Å². The van der Waals surface area contributed by atoms with Gasteiger partial charge in [0.2, 0.25) is 5.91 Å². The molecule has 96 valence electrons. The van der Waals surface area contributed by atoms with E-state index in [1.807, 2.05) is 6.92 Å². The number of carboxylic acid groups (broad SMARTS) is 1. The highest BCUT2D eigenvalue weighted by Gasteiger charge is 2.39. The van der Waals surface area contributed by atoms with Crippen LogP contribution in [0.3, 0.4) is 0 Å². The first kappa shape index (κ1) is 12.4. The molecule has 17 heavy (non-hydrogen) atoms. The zero-order chi connectivity index (χ0) is 12.4. The number of amides is 1. The maximum Gasteiger partial charge on any atom is 0.326 e. The van der Waals surface area contributed by atoms with Crippen molar-refractivity contribution in [1.29, 1.82) is 0 Å². The minimum absolute atomic E-state index is 0.0397. The minimum atomic E-state index is -0.885. The van der Waals surface area contributed by atoms with E-state index < -0.39 is 12.0 Å². The number of nitrogens with zero attached hydrogens (tertiary/aromatic N) is 1. The molecule has 1 amide bonds. The van der Waals surface area contributed by atoms with Gasteiger partial charge < -0.3 is 14.7 Å². The summed E-state index contributed by atoms with van der Waals surface area (Å²) in [5.74, 6) is -1.08. The Balaban J connectivity index is 2.08. The van der Waals surface area contributed by atoms with Gasteiger partial charge in [0.15, 0.2) is 0 Å². The van der Waals surface area contributed by atoms with Gasteiger partial charge in [-0.05, 0) is 32.6 Å². The monoisotopic (exact) mass is 241 g/mol. The van der Waals surface area contributed by atoms with Gasteiger partial charge in [-0.3, -0.25) is 4.79 Å². The van der Waals surface area contributed by atoms with E-state index >= 15 is 0 Å². The van der Waals surface area contributed by atoms with Crippen molar-refractivity contribution in [2.45, 2.75) is 44.8 Å². The maximum absolute atomic E-state index is 12.3. The number of likely N-dealkylation sites (tertiary alicyclic amines) is 1. The van der Waals surface area contributed by atoms with Gasteiger partial charge in [-0.2, -0.15) is 0 Å². The third-order valence-electron chi connectivity index (χ3n) is 3.76. The van der Waals surface area contributed by atoms with Crippen LogP contribution in [0.25, 0.3) is 0 Å². The summed E-state index contributed by atoms with van der Waals surface area (Å²) < 4.78 is 5.38. The minimum Gasteiger partial charge on any atom is -0.480 e. The van der Waals surface area contributed by atoms with Gasteiger partial charge in [0.05, 0.1) is 12.0 Å². The van der Waals surface area contributed by atoms with Crippen molar-refractivity contribution in [1.82, 2.24) is 4.90 Å². The molecule has 0 aliphatic carbocycles. The Hall–Kier alpha value is -1.10. The van der Waals surface area contributed by atoms with Crippen LogP contribution in [0, 0.1) is 5.92 Å². The SMILES string of the molecule is CC1OCCC1C(=O)N1CCCC[C@H]1C(=O)O. The highest BCUT2D eigenvalue weighted by molar-refractivity contribution is 5.85. The summed E-state index contributed by atoms with van der Waals surface area (Å²) >= 11 is 0. The highest BCUT2D eigenvalue weighted by Crippen LogP contribution is 2.26. The van der Waals surface area contributed by atoms with Gasteiger partial charge in [0.1, 0.15) is 6.04 Å². The Morgan fingerprint density at radius 3 is 2.65 bits per heavy atom. The third kappa shape index (κ3) is 2.44. The number of rotatable bonds is 2. The second-order valence-corrected chi connectivity index (χ2v) is 4.85. The average molecular weight is 241 g/mol. The predicted molar refractivity (Wildman–Crippen MR) is 60.5 cm³/mol. The normalized spacial score (nSPS) is 33.7. The van der Waals surface area contributed by atoms with Crippen molar-refractivity contribution < 1.29 is 19.4 Å². The summed E-state index contributed by atoms with van der Waals surface area (Å²) in [6, 6.07) is -0.635. The van der Waals surface area contributed by atoms with Crippen LogP contribution < -0.4 is 0 Å². The van der Waals surface area contributed by atoms with Crippen LogP contribution in [0.4, 0.5) is 0 Å². The molecule has 0 aromatic heterocycles. The zero-order valence-electron chi connectivity index (χ0n) is 10.1. The fourth-order valence-electron chi connectivity index (χ4n) is 2.72. The second-order valence-electron chi connectivity index (χ2n) is 4.85. The van der Waals surface area contributed by atoms with Crippen molar-refractivity contribution in [3.63, 3.8) is 0 Å². The summed E-state index contributed by atoms with van der Waals surface area (Å²) in [4.78, 5) is 25.0. The van der Waals surface area contributed by atoms with E-state index in [1.165, 1.54) is 0 Å². The third-order valence-corrected chi connectivity index (χ3v) is 3.76. The molecule has 0 bridgehead atoms. The molecule has 0 aromatic rings. The Bertz CT molecular complexity index is 318. The molecule has 0 radical (unpaired) electrons. The van der Waals surface area contributed by atoms with E-state index in [-0.39, 0.29) is 17.9 Å². The Morgan fingerprint density at radius 1 is 1.29 bits per heavy atom. The zero-order valence-corrected chi connectivity index (χ0v) is 10.1. The first-order valence-electron chi connectivity index (χ1n) is 6.26. The molecule has 0 spiro atoms. The average Bonchev–Trinajstić information content (AvgIpc) is 2.74. The van der Waals surface area contributed by atoms with Gasteiger partial charge in [0, 0.05) is 13.2 Å². The molecule has 5 heteroatoms. The van der Waals surface area contributed by atoms with E-state index in [9.17, 15) is 9.59 Å². The van der Waals surface area contributed by atoms with Gasteiger partial charge in [-0.1, -0.05) is 0 Å². The smallest absolute Gasteiger partial charge is 0.326 e. The lowest BCUT2D eigenvalue weighted by molar-refractivity contribution is -0.154. The lowest BCUT2D eigenvalue weighted by Crippen LogP contribution is -2.51. The molecule has 2 aliphatic rings. The van der Waals surface area contributed by atoms with Gasteiger partial charge >= 0.3 is 5.97 Å². The molecule has 2 heterocycles. The molecule has 2 unspecified atom stereocenters. The molecule has 2 aliphatic heterocycles. The standard InChI is InChI=1S/C12H19NO4/c1-8-9(5-7-17-8)11(14)13-6-3-2-4-10(13)12(15)16/h8-10H,2-7H2,1H3,(H,15,16)/t8?,9?,10-/m0/s1. The van der Waals surface area contributed by atoms with Crippen LogP contribution in [-0.4, -0.2) is 47.2 Å². The number of hydrogen-bond donors (Lipinski definition) is 1. The van der Waals surface area contributed by atoms with E-state index in [4.69, 9.17) is 9.84 Å². The van der Waals surface area contributed by atoms with Crippen LogP contribution in [0.5, 0.6) is 0 Å². The number of carboxylic acids is 1. The number of ether oxygens (including phenoxy) is 1. The molecular formula is C12H19NO4. The van der Waals surface area contributed by atoms with Gasteiger partial charge in [0.25, 0.3) is 0 Å². The summed E-state index contributed by atoms with van der Waals surface area (Å²) in [6.07, 6.45) is 2.99. The molecule has 0 aromatic carbocycles. The maximum atomic E-state index is 12.3. The predicted octanol–water partition coefficient (Wildman–Crippen LogP) is 0.877. The Kier molecular flexibility index (Phi) is 3.66. The van der Waals surface area contributed by atoms with E-state index in [1.54, 1.807) is 4.90 Å². The van der Waals surface area contributed by atoms with Crippen molar-refractivity contribution >= 4 is 11.9 Å². The summed E-state index contributed by atoms with van der Waals surface area (Å²) in [6.45, 7) is 3.05. The highest BCUT2D eigenvalue weighted by atomic mass is 16.5. The largest absolute Gasteiger partial charge is 0.480 e. The quantitative estimate of drug-likeness (QED) is 0.779.